The van der Waals surface area contributed by atoms with E-state index in [1.165, 1.54) is 69.1 Å². The van der Waals surface area contributed by atoms with E-state index in [9.17, 15) is 19.5 Å². The Labute approximate surface area is 273 Å². The lowest BCUT2D eigenvalue weighted by atomic mass is 9.88. The van der Waals surface area contributed by atoms with Crippen molar-refractivity contribution < 1.29 is 29.0 Å². The van der Waals surface area contributed by atoms with Crippen LogP contribution in [-0.2, 0) is 19.1 Å². The number of aliphatic carboxylic acids is 1. The molecule has 0 spiro atoms. The number of carboxylic acid groups (broad SMARTS) is 1. The molecule has 0 aromatic heterocycles. The molecule has 10 heteroatoms. The minimum absolute atomic E-state index is 0.0199. The number of unbranched alkanes of at least 4 members (excludes halogenated alkanes) is 14. The number of rotatable bonds is 25. The van der Waals surface area contributed by atoms with Crippen molar-refractivity contribution >= 4 is 18.0 Å². The van der Waals surface area contributed by atoms with Gasteiger partial charge in [-0.25, -0.2) is 9.59 Å². The molecule has 1 saturated heterocycles. The third kappa shape index (κ3) is 17.1. The molecular weight excluding hydrogens is 572 g/mol. The van der Waals surface area contributed by atoms with Gasteiger partial charge in [0.05, 0.1) is 6.04 Å². The molecule has 1 aliphatic heterocycles. The topological polar surface area (TPSA) is 142 Å². The fourth-order valence-electron chi connectivity index (χ4n) is 6.24. The first kappa shape index (κ1) is 40.5. The zero-order valence-electron chi connectivity index (χ0n) is 29.2. The van der Waals surface area contributed by atoms with E-state index in [0.29, 0.717) is 12.8 Å². The Morgan fingerprint density at radius 1 is 0.867 bits per heavy atom. The highest BCUT2D eigenvalue weighted by Gasteiger charge is 2.54. The molecule has 1 aliphatic rings. The van der Waals surface area contributed by atoms with Crippen molar-refractivity contribution in [3.05, 3.63) is 10.4 Å². The van der Waals surface area contributed by atoms with Crippen molar-refractivity contribution in [3.8, 4) is 0 Å². The van der Waals surface area contributed by atoms with Crippen LogP contribution in [0.15, 0.2) is 5.11 Å². The Morgan fingerprint density at radius 2 is 1.38 bits per heavy atom. The molecule has 1 N–H and O–H groups in total. The Morgan fingerprint density at radius 3 is 1.89 bits per heavy atom. The van der Waals surface area contributed by atoms with Crippen LogP contribution < -0.4 is 0 Å². The van der Waals surface area contributed by atoms with E-state index in [-0.39, 0.29) is 31.5 Å². The molecule has 0 saturated carbocycles. The predicted molar refractivity (Wildman–Crippen MR) is 179 cm³/mol. The highest BCUT2D eigenvalue weighted by Crippen LogP contribution is 2.37. The van der Waals surface area contributed by atoms with Crippen LogP contribution in [0.5, 0.6) is 0 Å². The van der Waals surface area contributed by atoms with Gasteiger partial charge in [-0.05, 0) is 71.2 Å². The summed E-state index contributed by atoms with van der Waals surface area (Å²) in [5, 5.41) is 13.9. The maximum Gasteiger partial charge on any atom is 0.411 e. The Bertz CT molecular complexity index is 885. The standard InChI is InChI=1S/C35H64N4O6/c1-6-8-10-12-15-19-23-30(24-20-16-13-11-9-7-2)44-31(40)25-21-17-14-18-22-26-35(32(41)42)27-29(37-38-36)28-39(35)33(43)45-34(3,4)5/h29-30H,6-28H2,1-5H3,(H,41,42)/t29-,35-/m0/s1. The predicted octanol–water partition coefficient (Wildman–Crippen LogP) is 10.3. The van der Waals surface area contributed by atoms with Crippen LogP contribution in [0.25, 0.3) is 10.4 Å². The minimum atomic E-state index is -1.47. The first-order valence-electron chi connectivity index (χ1n) is 18.0. The van der Waals surface area contributed by atoms with Gasteiger partial charge in [-0.15, -0.1) is 0 Å². The number of hydrogen-bond donors (Lipinski definition) is 1. The number of carboxylic acids is 1. The van der Waals surface area contributed by atoms with Gasteiger partial charge in [0.2, 0.25) is 0 Å². The van der Waals surface area contributed by atoms with Crippen LogP contribution in [-0.4, -0.2) is 57.9 Å². The van der Waals surface area contributed by atoms with E-state index >= 15 is 0 Å². The SMILES string of the molecule is CCCCCCCCC(CCCCCCCC)OC(=O)CCCCCCC[C@@]1(C(=O)O)C[C@H](N=[N+]=[N-])CN1C(=O)OC(C)(C)C. The number of esters is 1. The molecule has 2 atom stereocenters. The first-order valence-corrected chi connectivity index (χ1v) is 18.0. The lowest BCUT2D eigenvalue weighted by Gasteiger charge is -2.35. The second-order valence-corrected chi connectivity index (χ2v) is 14.0. The number of azide groups is 1. The van der Waals surface area contributed by atoms with Crippen LogP contribution >= 0.6 is 0 Å². The molecule has 0 aromatic carbocycles. The molecule has 1 fully saturated rings. The summed E-state index contributed by atoms with van der Waals surface area (Å²) < 4.78 is 11.4. The van der Waals surface area contributed by atoms with Gasteiger partial charge in [0.15, 0.2) is 0 Å². The molecule has 0 aromatic rings. The second kappa shape index (κ2) is 22.9. The van der Waals surface area contributed by atoms with E-state index in [1.54, 1.807) is 20.8 Å². The van der Waals surface area contributed by atoms with Crippen molar-refractivity contribution in [1.29, 1.82) is 0 Å². The van der Waals surface area contributed by atoms with Gasteiger partial charge >= 0.3 is 18.0 Å². The summed E-state index contributed by atoms with van der Waals surface area (Å²) in [7, 11) is 0. The fourth-order valence-corrected chi connectivity index (χ4v) is 6.24. The van der Waals surface area contributed by atoms with Gasteiger partial charge in [0.25, 0.3) is 0 Å². The van der Waals surface area contributed by atoms with Crippen LogP contribution in [0.1, 0.15) is 176 Å². The number of likely N-dealkylation sites (tertiary alicyclic amines) is 1. The molecular formula is C35H64N4O6. The number of carbonyl (C=O) groups excluding carboxylic acids is 2. The number of hydrogen-bond acceptors (Lipinski definition) is 6. The van der Waals surface area contributed by atoms with Crippen molar-refractivity contribution in [3.63, 3.8) is 0 Å². The summed E-state index contributed by atoms with van der Waals surface area (Å²) in [5.74, 6) is -1.21. The molecule has 0 unspecified atom stereocenters. The average molecular weight is 637 g/mol. The Balaban J connectivity index is 2.51. The zero-order chi connectivity index (χ0) is 33.6. The highest BCUT2D eigenvalue weighted by molar-refractivity contribution is 5.85. The highest BCUT2D eigenvalue weighted by atomic mass is 16.6. The fraction of sp³-hybridized carbons (Fsp3) is 0.914. The second-order valence-electron chi connectivity index (χ2n) is 14.0. The lowest BCUT2D eigenvalue weighted by molar-refractivity contribution is -0.151. The van der Waals surface area contributed by atoms with Gasteiger partial charge in [-0.2, -0.15) is 0 Å². The quantitative estimate of drug-likeness (QED) is 0.0347. The van der Waals surface area contributed by atoms with E-state index in [1.807, 2.05) is 0 Å². The van der Waals surface area contributed by atoms with Crippen LogP contribution in [0.4, 0.5) is 4.79 Å². The largest absolute Gasteiger partial charge is 0.479 e. The number of carbonyl (C=O) groups is 3. The van der Waals surface area contributed by atoms with Crippen LogP contribution in [0, 0.1) is 0 Å². The van der Waals surface area contributed by atoms with Gasteiger partial charge in [-0.1, -0.05) is 109 Å². The van der Waals surface area contributed by atoms with E-state index < -0.39 is 29.2 Å². The molecule has 1 rings (SSSR count). The summed E-state index contributed by atoms with van der Waals surface area (Å²) in [4.78, 5) is 42.2. The van der Waals surface area contributed by atoms with E-state index in [4.69, 9.17) is 15.0 Å². The van der Waals surface area contributed by atoms with Gasteiger partial charge in [0, 0.05) is 17.9 Å². The zero-order valence-corrected chi connectivity index (χ0v) is 29.2. The lowest BCUT2D eigenvalue weighted by Crippen LogP contribution is -2.54. The number of nitrogens with zero attached hydrogens (tertiary/aromatic N) is 4. The maximum absolute atomic E-state index is 12.9. The smallest absolute Gasteiger partial charge is 0.411 e. The Hall–Kier alpha value is -2.48. The number of amides is 1. The molecule has 0 bridgehead atoms. The van der Waals surface area contributed by atoms with Gasteiger partial charge in [0.1, 0.15) is 17.2 Å². The first-order chi connectivity index (χ1) is 21.5. The van der Waals surface area contributed by atoms with Crippen LogP contribution in [0.3, 0.4) is 0 Å². The molecule has 1 heterocycles. The van der Waals surface area contributed by atoms with Gasteiger partial charge < -0.3 is 14.6 Å². The summed E-state index contributed by atoms with van der Waals surface area (Å²) in [5.41, 5.74) is 6.68. The van der Waals surface area contributed by atoms with E-state index in [0.717, 1.165) is 51.4 Å². The monoisotopic (exact) mass is 636 g/mol. The van der Waals surface area contributed by atoms with Crippen molar-refractivity contribution in [1.82, 2.24) is 4.90 Å². The third-order valence-electron chi connectivity index (χ3n) is 8.74. The molecule has 10 nitrogen and oxygen atoms in total. The van der Waals surface area contributed by atoms with E-state index in [2.05, 4.69) is 23.9 Å². The third-order valence-corrected chi connectivity index (χ3v) is 8.74. The summed E-state index contributed by atoms with van der Waals surface area (Å²) in [6.07, 6.45) is 20.6. The van der Waals surface area contributed by atoms with Crippen molar-refractivity contribution in [2.45, 2.75) is 199 Å². The summed E-state index contributed by atoms with van der Waals surface area (Å²) in [6, 6.07) is -0.615. The molecule has 0 aliphatic carbocycles. The molecule has 45 heavy (non-hydrogen) atoms. The number of ether oxygens (including phenoxy) is 2. The average Bonchev–Trinajstić information content (AvgIpc) is 3.35. The molecule has 1 amide bonds. The minimum Gasteiger partial charge on any atom is -0.479 e. The maximum atomic E-state index is 12.9. The summed E-state index contributed by atoms with van der Waals surface area (Å²) >= 11 is 0. The Kier molecular flexibility index (Phi) is 20.7. The normalized spacial score (nSPS) is 18.2. The molecule has 0 radical (unpaired) electrons. The molecule has 260 valence electrons. The summed E-state index contributed by atoms with van der Waals surface area (Å²) in [6.45, 7) is 9.67. The van der Waals surface area contributed by atoms with Crippen molar-refractivity contribution in [2.75, 3.05) is 6.54 Å². The van der Waals surface area contributed by atoms with Crippen molar-refractivity contribution in [2.24, 2.45) is 5.11 Å². The van der Waals surface area contributed by atoms with Crippen LogP contribution in [0.2, 0.25) is 0 Å². The van der Waals surface area contributed by atoms with Gasteiger partial charge in [-0.3, -0.25) is 9.69 Å².